The highest BCUT2D eigenvalue weighted by Gasteiger charge is 2.06. The van der Waals surface area contributed by atoms with Crippen molar-refractivity contribution in [3.8, 4) is 0 Å². The second-order valence-corrected chi connectivity index (χ2v) is 4.08. The lowest BCUT2D eigenvalue weighted by Gasteiger charge is -2.15. The van der Waals surface area contributed by atoms with Gasteiger partial charge in [-0.3, -0.25) is 0 Å². The molecular weight excluding hydrogens is 218 g/mol. The zero-order valence-electron chi connectivity index (χ0n) is 10.3. The Morgan fingerprint density at radius 2 is 2.47 bits per heavy atom. The van der Waals surface area contributed by atoms with E-state index in [0.717, 1.165) is 12.2 Å². The quantitative estimate of drug-likeness (QED) is 0.644. The molecule has 0 fully saturated rings. The fraction of sp³-hybridized carbons (Fsp3) is 0.538. The Balaban J connectivity index is 2.04. The second-order valence-electron chi connectivity index (χ2n) is 4.08. The maximum absolute atomic E-state index is 9.65. The molecule has 0 saturated heterocycles. The largest absolute Gasteiger partial charge is 0.467 e. The van der Waals surface area contributed by atoms with Crippen LogP contribution >= 0.6 is 0 Å². The number of rotatable bonds is 9. The first kappa shape index (κ1) is 14.0. The topological polar surface area (TPSA) is 54.6 Å². The fourth-order valence-electron chi connectivity index (χ4n) is 1.42. The molecule has 0 amide bonds. The summed E-state index contributed by atoms with van der Waals surface area (Å²) in [5.74, 6) is 0.769. The van der Waals surface area contributed by atoms with E-state index in [4.69, 9.17) is 9.15 Å². The molecule has 2 atom stereocenters. The van der Waals surface area contributed by atoms with E-state index in [9.17, 15) is 5.11 Å². The highest BCUT2D eigenvalue weighted by molar-refractivity contribution is 4.96. The number of aliphatic hydroxyl groups is 1. The number of ether oxygens (including phenoxy) is 1. The van der Waals surface area contributed by atoms with Crippen molar-refractivity contribution >= 4 is 0 Å². The fourth-order valence-corrected chi connectivity index (χ4v) is 1.42. The maximum Gasteiger partial charge on any atom is 0.129 e. The van der Waals surface area contributed by atoms with Gasteiger partial charge in [0.2, 0.25) is 0 Å². The molecule has 4 heteroatoms. The van der Waals surface area contributed by atoms with Crippen LogP contribution in [-0.2, 0) is 11.3 Å². The van der Waals surface area contributed by atoms with Crippen LogP contribution in [0.25, 0.3) is 0 Å². The van der Waals surface area contributed by atoms with Gasteiger partial charge in [-0.15, -0.1) is 6.58 Å². The van der Waals surface area contributed by atoms with Gasteiger partial charge in [-0.1, -0.05) is 6.08 Å². The van der Waals surface area contributed by atoms with Crippen molar-refractivity contribution in [2.45, 2.75) is 32.1 Å². The molecule has 2 N–H and O–H groups in total. The van der Waals surface area contributed by atoms with Crippen LogP contribution in [-0.4, -0.2) is 30.4 Å². The van der Waals surface area contributed by atoms with Gasteiger partial charge in [-0.25, -0.2) is 0 Å². The van der Waals surface area contributed by atoms with Crippen molar-refractivity contribution in [3.05, 3.63) is 36.8 Å². The van der Waals surface area contributed by atoms with Gasteiger partial charge in [0, 0.05) is 12.6 Å². The zero-order valence-corrected chi connectivity index (χ0v) is 10.3. The smallest absolute Gasteiger partial charge is 0.129 e. The van der Waals surface area contributed by atoms with Gasteiger partial charge in [-0.05, 0) is 25.5 Å². The van der Waals surface area contributed by atoms with Gasteiger partial charge in [0.25, 0.3) is 0 Å². The molecular formula is C13H21NO3. The molecule has 1 heterocycles. The van der Waals surface area contributed by atoms with E-state index >= 15 is 0 Å². The molecule has 0 radical (unpaired) electrons. The Bertz CT molecular complexity index is 298. The molecule has 96 valence electrons. The van der Waals surface area contributed by atoms with Crippen LogP contribution in [0.1, 0.15) is 19.1 Å². The summed E-state index contributed by atoms with van der Waals surface area (Å²) in [6.45, 7) is 6.94. The molecule has 0 spiro atoms. The molecule has 4 nitrogen and oxygen atoms in total. The van der Waals surface area contributed by atoms with Gasteiger partial charge >= 0.3 is 0 Å². The van der Waals surface area contributed by atoms with E-state index in [1.807, 2.05) is 18.2 Å². The van der Waals surface area contributed by atoms with Crippen LogP contribution < -0.4 is 5.32 Å². The minimum Gasteiger partial charge on any atom is -0.467 e. The van der Waals surface area contributed by atoms with Gasteiger partial charge in [-0.2, -0.15) is 0 Å². The Morgan fingerprint density at radius 1 is 1.65 bits per heavy atom. The molecule has 1 aromatic rings. The number of aliphatic hydroxyl groups excluding tert-OH is 1. The van der Waals surface area contributed by atoms with Crippen LogP contribution in [0.2, 0.25) is 0 Å². The van der Waals surface area contributed by atoms with Crippen LogP contribution in [0.15, 0.2) is 35.5 Å². The van der Waals surface area contributed by atoms with Crippen molar-refractivity contribution in [1.29, 1.82) is 0 Å². The normalized spacial score (nSPS) is 14.5. The third-order valence-corrected chi connectivity index (χ3v) is 2.36. The average molecular weight is 239 g/mol. The summed E-state index contributed by atoms with van der Waals surface area (Å²) in [6.07, 6.45) is 3.85. The highest BCUT2D eigenvalue weighted by atomic mass is 16.5. The van der Waals surface area contributed by atoms with Crippen molar-refractivity contribution in [3.63, 3.8) is 0 Å². The summed E-state index contributed by atoms with van der Waals surface area (Å²) in [7, 11) is 0. The minimum atomic E-state index is -0.503. The summed E-state index contributed by atoms with van der Waals surface area (Å²) in [4.78, 5) is 0. The van der Waals surface area contributed by atoms with Crippen molar-refractivity contribution in [2.75, 3.05) is 13.2 Å². The van der Waals surface area contributed by atoms with Gasteiger partial charge in [0.15, 0.2) is 0 Å². The van der Waals surface area contributed by atoms with Crippen LogP contribution in [0.5, 0.6) is 0 Å². The second kappa shape index (κ2) is 8.06. The SMILES string of the molecule is C=CCC(C)NCC(O)COCc1ccco1. The first-order chi connectivity index (χ1) is 8.22. The Morgan fingerprint density at radius 3 is 3.12 bits per heavy atom. The predicted molar refractivity (Wildman–Crippen MR) is 66.6 cm³/mol. The van der Waals surface area contributed by atoms with E-state index in [0.29, 0.717) is 25.8 Å². The molecule has 0 aliphatic carbocycles. The first-order valence-corrected chi connectivity index (χ1v) is 5.85. The van der Waals surface area contributed by atoms with Crippen molar-refractivity contribution < 1.29 is 14.3 Å². The number of nitrogens with one attached hydrogen (secondary N) is 1. The number of hydrogen-bond donors (Lipinski definition) is 2. The lowest BCUT2D eigenvalue weighted by atomic mass is 10.2. The molecule has 0 aliphatic heterocycles. The molecule has 2 unspecified atom stereocenters. The molecule has 1 aromatic heterocycles. The maximum atomic E-state index is 9.65. The molecule has 17 heavy (non-hydrogen) atoms. The van der Waals surface area contributed by atoms with Crippen molar-refractivity contribution in [1.82, 2.24) is 5.32 Å². The lowest BCUT2D eigenvalue weighted by molar-refractivity contribution is 0.0218. The van der Waals surface area contributed by atoms with E-state index in [1.54, 1.807) is 6.26 Å². The standard InChI is InChI=1S/C13H21NO3/c1-3-5-11(2)14-8-12(15)9-16-10-13-6-4-7-17-13/h3-4,6-7,11-12,14-15H,1,5,8-10H2,2H3. The summed E-state index contributed by atoms with van der Waals surface area (Å²) >= 11 is 0. The van der Waals surface area contributed by atoms with Crippen molar-refractivity contribution in [2.24, 2.45) is 0 Å². The molecule has 0 bridgehead atoms. The predicted octanol–water partition coefficient (Wildman–Crippen LogP) is 1.71. The van der Waals surface area contributed by atoms with Gasteiger partial charge in [0.05, 0.1) is 19.0 Å². The third kappa shape index (κ3) is 6.26. The van der Waals surface area contributed by atoms with E-state index in [1.165, 1.54) is 0 Å². The molecule has 1 rings (SSSR count). The lowest BCUT2D eigenvalue weighted by Crippen LogP contribution is -2.35. The average Bonchev–Trinajstić information content (AvgIpc) is 2.80. The third-order valence-electron chi connectivity index (χ3n) is 2.36. The van der Waals surface area contributed by atoms with Gasteiger partial charge < -0.3 is 19.6 Å². The van der Waals surface area contributed by atoms with Crippen LogP contribution in [0.3, 0.4) is 0 Å². The monoisotopic (exact) mass is 239 g/mol. The van der Waals surface area contributed by atoms with E-state index in [-0.39, 0.29) is 0 Å². The first-order valence-electron chi connectivity index (χ1n) is 5.85. The minimum absolute atomic E-state index is 0.300. The highest BCUT2D eigenvalue weighted by Crippen LogP contribution is 2.02. The zero-order chi connectivity index (χ0) is 12.5. The van der Waals surface area contributed by atoms with Crippen LogP contribution in [0, 0.1) is 0 Å². The molecule has 0 saturated carbocycles. The summed E-state index contributed by atoms with van der Waals surface area (Å²) in [5, 5.41) is 12.9. The number of hydrogen-bond acceptors (Lipinski definition) is 4. The van der Waals surface area contributed by atoms with Gasteiger partial charge in [0.1, 0.15) is 12.4 Å². The van der Waals surface area contributed by atoms with Crippen LogP contribution in [0.4, 0.5) is 0 Å². The summed E-state index contributed by atoms with van der Waals surface area (Å²) in [6, 6.07) is 3.98. The summed E-state index contributed by atoms with van der Waals surface area (Å²) in [5.41, 5.74) is 0. The Hall–Kier alpha value is -1.10. The summed E-state index contributed by atoms with van der Waals surface area (Å²) < 4.78 is 10.4. The Kier molecular flexibility index (Phi) is 6.62. The van der Waals surface area contributed by atoms with E-state index in [2.05, 4.69) is 18.8 Å². The molecule has 0 aliphatic rings. The van der Waals surface area contributed by atoms with E-state index < -0.39 is 6.10 Å². The molecule has 0 aromatic carbocycles. The Labute approximate surface area is 102 Å². The number of furan rings is 1.